The van der Waals surface area contributed by atoms with Gasteiger partial charge < -0.3 is 5.32 Å². The van der Waals surface area contributed by atoms with Crippen LogP contribution in [0.25, 0.3) is 0 Å². The second-order valence-electron chi connectivity index (χ2n) is 4.72. The van der Waals surface area contributed by atoms with E-state index in [1.807, 2.05) is 13.0 Å². The average molecular weight is 347 g/mol. The van der Waals surface area contributed by atoms with Gasteiger partial charge >= 0.3 is 0 Å². The number of halogens is 1. The van der Waals surface area contributed by atoms with Crippen molar-refractivity contribution >= 4 is 26.0 Å². The van der Waals surface area contributed by atoms with Crippen LogP contribution in [0.5, 0.6) is 0 Å². The van der Waals surface area contributed by atoms with E-state index in [9.17, 15) is 8.42 Å². The highest BCUT2D eigenvalue weighted by atomic mass is 79.9. The summed E-state index contributed by atoms with van der Waals surface area (Å²) in [5, 5.41) is 3.23. The van der Waals surface area contributed by atoms with Crippen LogP contribution in [-0.4, -0.2) is 38.4 Å². The van der Waals surface area contributed by atoms with Gasteiger partial charge in [-0.2, -0.15) is 4.31 Å². The molecule has 6 heteroatoms. The molecular formula is C13H19BrN2O2S. The van der Waals surface area contributed by atoms with Crippen molar-refractivity contribution in [1.82, 2.24) is 9.62 Å². The van der Waals surface area contributed by atoms with E-state index < -0.39 is 10.0 Å². The fraction of sp³-hybridized carbons (Fsp3) is 0.538. The number of nitrogens with zero attached hydrogens (tertiary/aromatic N) is 1. The molecule has 0 saturated carbocycles. The molecule has 0 aromatic heterocycles. The zero-order valence-electron chi connectivity index (χ0n) is 11.0. The summed E-state index contributed by atoms with van der Waals surface area (Å²) in [5.74, 6) is 0. The molecule has 106 valence electrons. The number of hydrogen-bond donors (Lipinski definition) is 1. The van der Waals surface area contributed by atoms with E-state index >= 15 is 0 Å². The topological polar surface area (TPSA) is 49.4 Å². The van der Waals surface area contributed by atoms with Gasteiger partial charge in [0.15, 0.2) is 0 Å². The minimum absolute atomic E-state index is 0.0731. The van der Waals surface area contributed by atoms with Crippen molar-refractivity contribution in [3.8, 4) is 0 Å². The van der Waals surface area contributed by atoms with Crippen LogP contribution < -0.4 is 5.32 Å². The molecule has 1 heterocycles. The predicted molar refractivity (Wildman–Crippen MR) is 79.6 cm³/mol. The van der Waals surface area contributed by atoms with Crippen LogP contribution in [0.2, 0.25) is 0 Å². The van der Waals surface area contributed by atoms with Crippen molar-refractivity contribution in [2.75, 3.05) is 19.6 Å². The second kappa shape index (κ2) is 6.35. The van der Waals surface area contributed by atoms with Crippen molar-refractivity contribution in [2.45, 2.75) is 30.7 Å². The Balaban J connectivity index is 2.33. The SMILES string of the molecule is CCCN(C1CCNC1)S(=O)(=O)c1cccc(Br)c1. The lowest BCUT2D eigenvalue weighted by Crippen LogP contribution is -2.41. The van der Waals surface area contributed by atoms with Gasteiger partial charge in [-0.3, -0.25) is 0 Å². The predicted octanol–water partition coefficient (Wildman–Crippen LogP) is 2.21. The summed E-state index contributed by atoms with van der Waals surface area (Å²) >= 11 is 3.33. The Labute approximate surface area is 123 Å². The lowest BCUT2D eigenvalue weighted by Gasteiger charge is -2.27. The van der Waals surface area contributed by atoms with Gasteiger partial charge in [0.25, 0.3) is 0 Å². The largest absolute Gasteiger partial charge is 0.315 e. The van der Waals surface area contributed by atoms with Crippen molar-refractivity contribution in [3.05, 3.63) is 28.7 Å². The number of nitrogens with one attached hydrogen (secondary N) is 1. The van der Waals surface area contributed by atoms with E-state index in [-0.39, 0.29) is 6.04 Å². The summed E-state index contributed by atoms with van der Waals surface area (Å²) < 4.78 is 27.9. The third-order valence-electron chi connectivity index (χ3n) is 3.29. The highest BCUT2D eigenvalue weighted by Crippen LogP contribution is 2.23. The van der Waals surface area contributed by atoms with E-state index in [0.29, 0.717) is 11.4 Å². The second-order valence-corrected chi connectivity index (χ2v) is 7.53. The Morgan fingerprint density at radius 2 is 2.26 bits per heavy atom. The van der Waals surface area contributed by atoms with Crippen LogP contribution in [0.15, 0.2) is 33.6 Å². The molecule has 2 rings (SSSR count). The molecule has 1 saturated heterocycles. The molecule has 4 nitrogen and oxygen atoms in total. The molecule has 1 aromatic carbocycles. The minimum atomic E-state index is -3.41. The van der Waals surface area contributed by atoms with Gasteiger partial charge in [0.1, 0.15) is 0 Å². The zero-order chi connectivity index (χ0) is 13.9. The summed E-state index contributed by atoms with van der Waals surface area (Å²) in [4.78, 5) is 0.363. The van der Waals surface area contributed by atoms with E-state index in [1.54, 1.807) is 22.5 Å². The quantitative estimate of drug-likeness (QED) is 0.889. The standard InChI is InChI=1S/C13H19BrN2O2S/c1-2-8-16(12-6-7-15-10-12)19(17,18)13-5-3-4-11(14)9-13/h3-5,9,12,15H,2,6-8,10H2,1H3. The Hall–Kier alpha value is -0.430. The van der Waals surface area contributed by atoms with Gasteiger partial charge in [-0.25, -0.2) is 8.42 Å². The van der Waals surface area contributed by atoms with Gasteiger partial charge in [-0.15, -0.1) is 0 Å². The summed E-state index contributed by atoms with van der Waals surface area (Å²) in [5.41, 5.74) is 0. The lowest BCUT2D eigenvalue weighted by atomic mass is 10.2. The summed E-state index contributed by atoms with van der Waals surface area (Å²) in [6.07, 6.45) is 1.71. The maximum absolute atomic E-state index is 12.7. The molecule has 1 fully saturated rings. The maximum Gasteiger partial charge on any atom is 0.243 e. The molecule has 0 amide bonds. The third kappa shape index (κ3) is 3.37. The van der Waals surface area contributed by atoms with Crippen molar-refractivity contribution in [1.29, 1.82) is 0 Å². The third-order valence-corrected chi connectivity index (χ3v) is 5.73. The Bertz CT molecular complexity index is 527. The number of benzene rings is 1. The average Bonchev–Trinajstić information content (AvgIpc) is 2.89. The van der Waals surface area contributed by atoms with E-state index in [1.165, 1.54) is 0 Å². The van der Waals surface area contributed by atoms with E-state index in [2.05, 4.69) is 21.2 Å². The van der Waals surface area contributed by atoms with Crippen LogP contribution in [0.4, 0.5) is 0 Å². The first-order valence-corrected chi connectivity index (χ1v) is 8.77. The van der Waals surface area contributed by atoms with Crippen LogP contribution in [0, 0.1) is 0 Å². The van der Waals surface area contributed by atoms with Gasteiger partial charge in [-0.05, 0) is 37.6 Å². The first-order valence-electron chi connectivity index (χ1n) is 6.54. The lowest BCUT2D eigenvalue weighted by molar-refractivity contribution is 0.335. The molecule has 1 aromatic rings. The van der Waals surface area contributed by atoms with Crippen LogP contribution in [0.1, 0.15) is 19.8 Å². The molecule has 1 N–H and O–H groups in total. The normalized spacial score (nSPS) is 20.1. The molecular weight excluding hydrogens is 328 g/mol. The molecule has 0 radical (unpaired) electrons. The summed E-state index contributed by atoms with van der Waals surface area (Å²) in [7, 11) is -3.41. The highest BCUT2D eigenvalue weighted by Gasteiger charge is 2.32. The fourth-order valence-corrected chi connectivity index (χ4v) is 4.71. The monoisotopic (exact) mass is 346 g/mol. The molecule has 1 unspecified atom stereocenters. The Morgan fingerprint density at radius 3 is 2.84 bits per heavy atom. The molecule has 0 bridgehead atoms. The van der Waals surface area contributed by atoms with E-state index in [0.717, 1.165) is 30.4 Å². The van der Waals surface area contributed by atoms with Crippen LogP contribution in [-0.2, 0) is 10.0 Å². The van der Waals surface area contributed by atoms with Gasteiger partial charge in [-0.1, -0.05) is 28.9 Å². The summed E-state index contributed by atoms with van der Waals surface area (Å²) in [6, 6.07) is 6.99. The van der Waals surface area contributed by atoms with Gasteiger partial charge in [0, 0.05) is 23.6 Å². The van der Waals surface area contributed by atoms with Crippen LogP contribution >= 0.6 is 15.9 Å². The summed E-state index contributed by atoms with van der Waals surface area (Å²) in [6.45, 7) is 4.21. The fourth-order valence-electron chi connectivity index (χ4n) is 2.37. The van der Waals surface area contributed by atoms with Crippen LogP contribution in [0.3, 0.4) is 0 Å². The highest BCUT2D eigenvalue weighted by molar-refractivity contribution is 9.10. The first kappa shape index (κ1) is 15.0. The first-order chi connectivity index (χ1) is 9.05. The molecule has 0 spiro atoms. The minimum Gasteiger partial charge on any atom is -0.315 e. The number of sulfonamides is 1. The number of rotatable bonds is 5. The maximum atomic E-state index is 12.7. The Morgan fingerprint density at radius 1 is 1.47 bits per heavy atom. The molecule has 1 atom stereocenters. The number of hydrogen-bond acceptors (Lipinski definition) is 3. The van der Waals surface area contributed by atoms with E-state index in [4.69, 9.17) is 0 Å². The van der Waals surface area contributed by atoms with Crippen molar-refractivity contribution < 1.29 is 8.42 Å². The molecule has 1 aliphatic heterocycles. The van der Waals surface area contributed by atoms with Gasteiger partial charge in [0.2, 0.25) is 10.0 Å². The molecule has 0 aliphatic carbocycles. The smallest absolute Gasteiger partial charge is 0.243 e. The molecule has 1 aliphatic rings. The van der Waals surface area contributed by atoms with Gasteiger partial charge in [0.05, 0.1) is 4.90 Å². The van der Waals surface area contributed by atoms with Crippen molar-refractivity contribution in [3.63, 3.8) is 0 Å². The zero-order valence-corrected chi connectivity index (χ0v) is 13.4. The Kier molecular flexibility index (Phi) is 5.00. The molecule has 19 heavy (non-hydrogen) atoms. The van der Waals surface area contributed by atoms with Crippen molar-refractivity contribution in [2.24, 2.45) is 0 Å².